The molecule has 2 saturated carbocycles. The fraction of sp³-hybridized carbons (Fsp3) is 0.611. The Bertz CT molecular complexity index is 487. The van der Waals surface area contributed by atoms with E-state index in [0.29, 0.717) is 6.04 Å². The lowest BCUT2D eigenvalue weighted by molar-refractivity contribution is 0.278. The van der Waals surface area contributed by atoms with Crippen molar-refractivity contribution < 1.29 is 0 Å². The minimum absolute atomic E-state index is 0.249. The number of nitrogens with one attached hydrogen (secondary N) is 2. The summed E-state index contributed by atoms with van der Waals surface area (Å²) in [6.45, 7) is 4.46. The second-order valence-corrected chi connectivity index (χ2v) is 7.29. The van der Waals surface area contributed by atoms with E-state index in [1.165, 1.54) is 31.2 Å². The molecule has 1 aromatic rings. The lowest BCUT2D eigenvalue weighted by Crippen LogP contribution is -2.45. The third-order valence-electron chi connectivity index (χ3n) is 5.44. The van der Waals surface area contributed by atoms with Crippen molar-refractivity contribution in [2.75, 3.05) is 0 Å². The lowest BCUT2D eigenvalue weighted by atomic mass is 9.84. The van der Waals surface area contributed by atoms with Crippen LogP contribution in [0.25, 0.3) is 0 Å². The summed E-state index contributed by atoms with van der Waals surface area (Å²) in [6, 6.07) is 11.2. The van der Waals surface area contributed by atoms with Crippen LogP contribution in [0.1, 0.15) is 51.1 Å². The van der Waals surface area contributed by atoms with E-state index in [0.717, 1.165) is 22.9 Å². The zero-order chi connectivity index (χ0) is 14.8. The summed E-state index contributed by atoms with van der Waals surface area (Å²) < 4.78 is 0. The predicted molar refractivity (Wildman–Crippen MR) is 92.1 cm³/mol. The van der Waals surface area contributed by atoms with E-state index >= 15 is 0 Å². The molecule has 0 unspecified atom stereocenters. The molecule has 5 atom stereocenters. The van der Waals surface area contributed by atoms with Gasteiger partial charge in [-0.25, -0.2) is 0 Å². The molecular weight excluding hydrogens is 276 g/mol. The Morgan fingerprint density at radius 1 is 1.10 bits per heavy atom. The number of benzene rings is 1. The monoisotopic (exact) mass is 302 g/mol. The molecular formula is C18H26N2S. The maximum Gasteiger partial charge on any atom is 0.166 e. The van der Waals surface area contributed by atoms with Crippen LogP contribution in [0.3, 0.4) is 0 Å². The van der Waals surface area contributed by atoms with Crippen LogP contribution in [0.15, 0.2) is 30.3 Å². The summed E-state index contributed by atoms with van der Waals surface area (Å²) in [7, 11) is 0. The van der Waals surface area contributed by atoms with E-state index in [4.69, 9.17) is 12.2 Å². The zero-order valence-electron chi connectivity index (χ0n) is 13.0. The quantitative estimate of drug-likeness (QED) is 0.821. The minimum atomic E-state index is 0.249. The van der Waals surface area contributed by atoms with E-state index in [-0.39, 0.29) is 6.04 Å². The fourth-order valence-corrected chi connectivity index (χ4v) is 4.65. The van der Waals surface area contributed by atoms with Gasteiger partial charge in [0, 0.05) is 6.04 Å². The van der Waals surface area contributed by atoms with Gasteiger partial charge in [0.05, 0.1) is 6.04 Å². The molecule has 21 heavy (non-hydrogen) atoms. The first-order valence-corrected chi connectivity index (χ1v) is 8.66. The highest BCUT2D eigenvalue weighted by atomic mass is 32.1. The summed E-state index contributed by atoms with van der Waals surface area (Å²) in [6.07, 6.45) is 5.75. The SMILES string of the molecule is C[C@H](NC(=S)N[C@H](C)[C@H]1C[C@H]2CC[C@H]1C2)c1ccccc1. The van der Waals surface area contributed by atoms with Crippen molar-refractivity contribution in [3.63, 3.8) is 0 Å². The van der Waals surface area contributed by atoms with Gasteiger partial charge >= 0.3 is 0 Å². The number of rotatable bonds is 4. The average molecular weight is 302 g/mol. The molecule has 0 amide bonds. The standard InChI is InChI=1S/C18H26N2S/c1-12(15-6-4-3-5-7-15)19-18(21)20-13(2)17-11-14-8-9-16(17)10-14/h3-7,12-14,16-17H,8-11H2,1-2H3,(H2,19,20,21)/t12-,13+,14-,16-,17+/m0/s1. The molecule has 2 N–H and O–H groups in total. The second-order valence-electron chi connectivity index (χ2n) is 6.88. The third-order valence-corrected chi connectivity index (χ3v) is 5.68. The number of hydrogen-bond donors (Lipinski definition) is 2. The fourth-order valence-electron chi connectivity index (χ4n) is 4.28. The smallest absolute Gasteiger partial charge is 0.166 e. The highest BCUT2D eigenvalue weighted by Gasteiger charge is 2.41. The largest absolute Gasteiger partial charge is 0.360 e. The molecule has 1 aromatic carbocycles. The van der Waals surface area contributed by atoms with E-state index in [2.05, 4.69) is 48.7 Å². The van der Waals surface area contributed by atoms with Crippen molar-refractivity contribution in [1.82, 2.24) is 10.6 Å². The summed E-state index contributed by atoms with van der Waals surface area (Å²) in [4.78, 5) is 0. The van der Waals surface area contributed by atoms with Gasteiger partial charge in [0.2, 0.25) is 0 Å². The number of thiocarbonyl (C=S) groups is 1. The first-order chi connectivity index (χ1) is 10.1. The molecule has 2 aliphatic rings. The first-order valence-electron chi connectivity index (χ1n) is 8.25. The van der Waals surface area contributed by atoms with E-state index in [9.17, 15) is 0 Å². The summed E-state index contributed by atoms with van der Waals surface area (Å²) in [5, 5.41) is 7.74. The Morgan fingerprint density at radius 2 is 1.86 bits per heavy atom. The first kappa shape index (κ1) is 14.8. The van der Waals surface area contributed by atoms with Gasteiger partial charge in [-0.1, -0.05) is 36.8 Å². The maximum atomic E-state index is 5.51. The van der Waals surface area contributed by atoms with E-state index in [1.807, 2.05) is 6.07 Å². The predicted octanol–water partition coefficient (Wildman–Crippen LogP) is 4.04. The molecule has 3 heteroatoms. The van der Waals surface area contributed by atoms with Crippen LogP contribution < -0.4 is 10.6 Å². The van der Waals surface area contributed by atoms with Gasteiger partial charge in [-0.15, -0.1) is 0 Å². The molecule has 0 radical (unpaired) electrons. The van der Waals surface area contributed by atoms with Gasteiger partial charge in [0.25, 0.3) is 0 Å². The average Bonchev–Trinajstić information content (AvgIpc) is 3.10. The van der Waals surface area contributed by atoms with E-state index < -0.39 is 0 Å². The number of fused-ring (bicyclic) bond motifs is 2. The maximum absolute atomic E-state index is 5.51. The minimum Gasteiger partial charge on any atom is -0.360 e. The summed E-state index contributed by atoms with van der Waals surface area (Å²) in [5.41, 5.74) is 1.27. The highest BCUT2D eigenvalue weighted by molar-refractivity contribution is 7.80. The van der Waals surface area contributed by atoms with Crippen LogP contribution in [0.5, 0.6) is 0 Å². The van der Waals surface area contributed by atoms with Gasteiger partial charge in [0.15, 0.2) is 5.11 Å². The Labute approximate surface area is 133 Å². The molecule has 2 fully saturated rings. The van der Waals surface area contributed by atoms with Crippen LogP contribution in [-0.2, 0) is 0 Å². The third kappa shape index (κ3) is 3.39. The van der Waals surface area contributed by atoms with Gasteiger partial charge < -0.3 is 10.6 Å². The highest BCUT2D eigenvalue weighted by Crippen LogP contribution is 2.49. The molecule has 0 spiro atoms. The zero-order valence-corrected chi connectivity index (χ0v) is 13.8. The second kappa shape index (κ2) is 6.35. The number of hydrogen-bond acceptors (Lipinski definition) is 1. The van der Waals surface area contributed by atoms with Gasteiger partial charge in [-0.05, 0) is 68.6 Å². The Balaban J connectivity index is 1.50. The molecule has 2 nitrogen and oxygen atoms in total. The Morgan fingerprint density at radius 3 is 2.48 bits per heavy atom. The summed E-state index contributed by atoms with van der Waals surface area (Å²) in [5.74, 6) is 2.75. The molecule has 0 aromatic heterocycles. The van der Waals surface area contributed by atoms with Crippen LogP contribution >= 0.6 is 12.2 Å². The molecule has 0 aliphatic heterocycles. The molecule has 0 saturated heterocycles. The van der Waals surface area contributed by atoms with Crippen molar-refractivity contribution in [3.8, 4) is 0 Å². The molecule has 2 aliphatic carbocycles. The van der Waals surface area contributed by atoms with Crippen molar-refractivity contribution in [3.05, 3.63) is 35.9 Å². The van der Waals surface area contributed by atoms with Crippen LogP contribution in [0.2, 0.25) is 0 Å². The Kier molecular flexibility index (Phi) is 4.48. The molecule has 114 valence electrons. The summed E-state index contributed by atoms with van der Waals surface area (Å²) >= 11 is 5.51. The van der Waals surface area contributed by atoms with Gasteiger partial charge in [-0.3, -0.25) is 0 Å². The van der Waals surface area contributed by atoms with Crippen molar-refractivity contribution >= 4 is 17.3 Å². The van der Waals surface area contributed by atoms with Crippen molar-refractivity contribution in [2.45, 2.75) is 51.6 Å². The van der Waals surface area contributed by atoms with Crippen LogP contribution in [0.4, 0.5) is 0 Å². The lowest BCUT2D eigenvalue weighted by Gasteiger charge is -2.30. The Hall–Kier alpha value is -1.09. The normalized spacial score (nSPS) is 29.9. The van der Waals surface area contributed by atoms with Crippen molar-refractivity contribution in [1.29, 1.82) is 0 Å². The van der Waals surface area contributed by atoms with E-state index in [1.54, 1.807) is 0 Å². The van der Waals surface area contributed by atoms with Crippen LogP contribution in [-0.4, -0.2) is 11.2 Å². The van der Waals surface area contributed by atoms with Gasteiger partial charge in [-0.2, -0.15) is 0 Å². The van der Waals surface area contributed by atoms with Crippen molar-refractivity contribution in [2.24, 2.45) is 17.8 Å². The molecule has 2 bridgehead atoms. The van der Waals surface area contributed by atoms with Gasteiger partial charge in [0.1, 0.15) is 0 Å². The molecule has 0 heterocycles. The van der Waals surface area contributed by atoms with Crippen LogP contribution in [0, 0.1) is 17.8 Å². The molecule has 3 rings (SSSR count). The topological polar surface area (TPSA) is 24.1 Å².